The highest BCUT2D eigenvalue weighted by Crippen LogP contribution is 2.09. The quantitative estimate of drug-likeness (QED) is 0.748. The van der Waals surface area contributed by atoms with Gasteiger partial charge in [-0.25, -0.2) is 4.98 Å². The Bertz CT molecular complexity index is 775. The van der Waals surface area contributed by atoms with Crippen LogP contribution in [0.2, 0.25) is 0 Å². The van der Waals surface area contributed by atoms with Gasteiger partial charge in [0.25, 0.3) is 5.56 Å². The summed E-state index contributed by atoms with van der Waals surface area (Å²) in [5.41, 5.74) is -0.280. The Kier molecular flexibility index (Phi) is 7.12. The van der Waals surface area contributed by atoms with Gasteiger partial charge in [-0.2, -0.15) is 0 Å². The van der Waals surface area contributed by atoms with Crippen LogP contribution in [0.25, 0.3) is 12.2 Å². The second kappa shape index (κ2) is 8.82. The zero-order chi connectivity index (χ0) is 17.4. The molecule has 124 valence electrons. The van der Waals surface area contributed by atoms with Crippen LogP contribution in [-0.2, 0) is 9.59 Å². The average molecular weight is 317 g/mol. The SMILES string of the molecule is C\C=C/C=c1/c(=O)n(C(C=O)CCC(=O)NC)c(C)n/c1=C/C. The number of allylic oxidation sites excluding steroid dienone is 2. The third-order valence-corrected chi connectivity index (χ3v) is 3.52. The van der Waals surface area contributed by atoms with Gasteiger partial charge in [0.15, 0.2) is 0 Å². The monoisotopic (exact) mass is 317 g/mol. The van der Waals surface area contributed by atoms with Crippen LogP contribution in [0.4, 0.5) is 0 Å². The highest BCUT2D eigenvalue weighted by atomic mass is 16.2. The summed E-state index contributed by atoms with van der Waals surface area (Å²) >= 11 is 0. The summed E-state index contributed by atoms with van der Waals surface area (Å²) in [7, 11) is 1.53. The number of aldehydes is 1. The van der Waals surface area contributed by atoms with Gasteiger partial charge >= 0.3 is 0 Å². The van der Waals surface area contributed by atoms with Crippen molar-refractivity contribution in [1.82, 2.24) is 14.9 Å². The topological polar surface area (TPSA) is 81.1 Å². The van der Waals surface area contributed by atoms with Gasteiger partial charge in [-0.05, 0) is 33.3 Å². The Labute approximate surface area is 135 Å². The minimum absolute atomic E-state index is 0.168. The highest BCUT2D eigenvalue weighted by Gasteiger charge is 2.17. The molecule has 23 heavy (non-hydrogen) atoms. The lowest BCUT2D eigenvalue weighted by atomic mass is 10.1. The number of aryl methyl sites for hydroxylation is 1. The number of hydrogen-bond donors (Lipinski definition) is 1. The van der Waals surface area contributed by atoms with Gasteiger partial charge in [0.05, 0.1) is 16.6 Å². The van der Waals surface area contributed by atoms with Crippen molar-refractivity contribution in [2.75, 3.05) is 7.05 Å². The second-order valence-electron chi connectivity index (χ2n) is 5.03. The van der Waals surface area contributed by atoms with Crippen LogP contribution in [0.3, 0.4) is 0 Å². The van der Waals surface area contributed by atoms with Crippen molar-refractivity contribution >= 4 is 24.3 Å². The van der Waals surface area contributed by atoms with Gasteiger partial charge in [0.1, 0.15) is 12.1 Å². The number of hydrogen-bond acceptors (Lipinski definition) is 4. The number of nitrogens with one attached hydrogen (secondary N) is 1. The van der Waals surface area contributed by atoms with Crippen LogP contribution in [0.5, 0.6) is 0 Å². The predicted octanol–water partition coefficient (Wildman–Crippen LogP) is -0.0251. The number of carbonyl (C=O) groups excluding carboxylic acids is 2. The molecule has 0 aliphatic carbocycles. The largest absolute Gasteiger partial charge is 0.359 e. The van der Waals surface area contributed by atoms with E-state index in [-0.39, 0.29) is 24.3 Å². The van der Waals surface area contributed by atoms with Gasteiger partial charge in [0, 0.05) is 13.5 Å². The first-order valence-corrected chi connectivity index (χ1v) is 7.54. The van der Waals surface area contributed by atoms with E-state index in [1.165, 1.54) is 11.6 Å². The first-order chi connectivity index (χ1) is 11.0. The Morgan fingerprint density at radius 3 is 2.61 bits per heavy atom. The summed E-state index contributed by atoms with van der Waals surface area (Å²) in [5.74, 6) is 0.282. The average Bonchev–Trinajstić information content (AvgIpc) is 2.55. The van der Waals surface area contributed by atoms with Crippen LogP contribution in [0.1, 0.15) is 38.6 Å². The molecule has 0 saturated heterocycles. The summed E-state index contributed by atoms with van der Waals surface area (Å²) in [6.07, 6.45) is 8.12. The van der Waals surface area contributed by atoms with Crippen LogP contribution >= 0.6 is 0 Å². The van der Waals surface area contributed by atoms with Gasteiger partial charge in [-0.1, -0.05) is 18.2 Å². The smallest absolute Gasteiger partial charge is 0.262 e. The minimum atomic E-state index is -0.712. The van der Waals surface area contributed by atoms with E-state index in [2.05, 4.69) is 10.3 Å². The van der Waals surface area contributed by atoms with E-state index in [0.717, 1.165) is 0 Å². The van der Waals surface area contributed by atoms with Crippen molar-refractivity contribution < 1.29 is 9.59 Å². The molecule has 0 bridgehead atoms. The fourth-order valence-corrected chi connectivity index (χ4v) is 2.30. The fourth-order valence-electron chi connectivity index (χ4n) is 2.30. The van der Waals surface area contributed by atoms with E-state index in [9.17, 15) is 14.4 Å². The van der Waals surface area contributed by atoms with E-state index in [0.29, 0.717) is 22.7 Å². The molecule has 1 N–H and O–H groups in total. The lowest BCUT2D eigenvalue weighted by Crippen LogP contribution is -2.49. The number of aromatic nitrogens is 2. The molecule has 0 aromatic carbocycles. The molecule has 1 atom stereocenters. The Morgan fingerprint density at radius 1 is 1.39 bits per heavy atom. The maximum Gasteiger partial charge on any atom is 0.262 e. The molecule has 0 aliphatic rings. The molecule has 1 amide bonds. The molecule has 0 spiro atoms. The molecule has 6 nitrogen and oxygen atoms in total. The third-order valence-electron chi connectivity index (χ3n) is 3.52. The Morgan fingerprint density at radius 2 is 2.09 bits per heavy atom. The molecule has 0 saturated carbocycles. The van der Waals surface area contributed by atoms with Gasteiger partial charge in [-0.15, -0.1) is 0 Å². The molecule has 1 aromatic heterocycles. The summed E-state index contributed by atoms with van der Waals surface area (Å²) < 4.78 is 1.36. The van der Waals surface area contributed by atoms with Crippen LogP contribution < -0.4 is 21.4 Å². The summed E-state index contributed by atoms with van der Waals surface area (Å²) in [4.78, 5) is 40.0. The first-order valence-electron chi connectivity index (χ1n) is 7.54. The van der Waals surface area contributed by atoms with E-state index < -0.39 is 6.04 Å². The molecule has 1 aromatic rings. The summed E-state index contributed by atoms with van der Waals surface area (Å²) in [6, 6.07) is -0.712. The van der Waals surface area contributed by atoms with Crippen molar-refractivity contribution in [2.45, 2.75) is 39.7 Å². The summed E-state index contributed by atoms with van der Waals surface area (Å²) in [5, 5.41) is 3.52. The fraction of sp³-hybridized carbons (Fsp3) is 0.412. The number of carbonyl (C=O) groups is 2. The molecule has 1 rings (SSSR count). The van der Waals surface area contributed by atoms with Gasteiger partial charge in [0.2, 0.25) is 5.91 Å². The van der Waals surface area contributed by atoms with Crippen molar-refractivity contribution in [1.29, 1.82) is 0 Å². The normalized spacial score (nSPS) is 14.3. The zero-order valence-electron chi connectivity index (χ0n) is 14.0. The van der Waals surface area contributed by atoms with Crippen LogP contribution in [0, 0.1) is 6.92 Å². The number of nitrogens with zero attached hydrogens (tertiary/aromatic N) is 2. The number of rotatable bonds is 6. The zero-order valence-corrected chi connectivity index (χ0v) is 14.0. The molecule has 0 aliphatic heterocycles. The molecule has 0 radical (unpaired) electrons. The predicted molar refractivity (Wildman–Crippen MR) is 90.3 cm³/mol. The second-order valence-corrected chi connectivity index (χ2v) is 5.03. The molecule has 0 fully saturated rings. The van der Waals surface area contributed by atoms with Gasteiger partial charge in [-0.3, -0.25) is 14.2 Å². The van der Waals surface area contributed by atoms with Crippen molar-refractivity contribution in [3.8, 4) is 0 Å². The van der Waals surface area contributed by atoms with E-state index >= 15 is 0 Å². The van der Waals surface area contributed by atoms with Crippen molar-refractivity contribution in [2.24, 2.45) is 0 Å². The lowest BCUT2D eigenvalue weighted by molar-refractivity contribution is -0.121. The minimum Gasteiger partial charge on any atom is -0.359 e. The van der Waals surface area contributed by atoms with Crippen molar-refractivity contribution in [3.63, 3.8) is 0 Å². The first kappa shape index (κ1) is 18.5. The third kappa shape index (κ3) is 4.48. The standard InChI is InChI=1S/C17H23N3O3/c1-5-7-8-14-15(6-2)19-12(3)20(17(14)23)13(11-21)9-10-16(22)18-4/h5-8,11,13H,9-10H2,1-4H3,(H,18,22)/b7-5-,14-8+,15-6+. The molecular weight excluding hydrogens is 294 g/mol. The van der Waals surface area contributed by atoms with E-state index in [4.69, 9.17) is 0 Å². The Hall–Kier alpha value is -2.50. The molecule has 1 heterocycles. The Balaban J connectivity index is 3.49. The lowest BCUT2D eigenvalue weighted by Gasteiger charge is -2.16. The van der Waals surface area contributed by atoms with E-state index in [1.807, 2.05) is 13.0 Å². The maximum absolute atomic E-state index is 12.8. The van der Waals surface area contributed by atoms with Crippen LogP contribution in [-0.4, -0.2) is 28.8 Å². The van der Waals surface area contributed by atoms with E-state index in [1.54, 1.807) is 32.1 Å². The highest BCUT2D eigenvalue weighted by molar-refractivity contribution is 5.76. The molecular formula is C17H23N3O3. The molecule has 1 unspecified atom stereocenters. The van der Waals surface area contributed by atoms with Crippen molar-refractivity contribution in [3.05, 3.63) is 38.9 Å². The number of amides is 1. The maximum atomic E-state index is 12.8. The van der Waals surface area contributed by atoms with Crippen LogP contribution in [0.15, 0.2) is 16.9 Å². The summed E-state index contributed by atoms with van der Waals surface area (Å²) in [6.45, 7) is 5.34. The van der Waals surface area contributed by atoms with Gasteiger partial charge < -0.3 is 10.1 Å². The molecule has 6 heteroatoms.